The molecule has 0 aliphatic rings. The average Bonchev–Trinajstić information content (AvgIpc) is 2.85. The highest BCUT2D eigenvalue weighted by molar-refractivity contribution is 14.1. The number of nitrogens with one attached hydrogen (secondary N) is 1. The molecule has 0 bridgehead atoms. The largest absolute Gasteiger partial charge is 0.472 e. The summed E-state index contributed by atoms with van der Waals surface area (Å²) in [6.45, 7) is 7.71. The molecule has 0 atom stereocenters. The first kappa shape index (κ1) is 22.5. The van der Waals surface area contributed by atoms with E-state index in [4.69, 9.17) is 9.47 Å². The van der Waals surface area contributed by atoms with Crippen LogP contribution in [0.5, 0.6) is 5.88 Å². The fourth-order valence-corrected chi connectivity index (χ4v) is 4.35. The molecule has 0 aliphatic heterocycles. The smallest absolute Gasteiger partial charge is 0.302 e. The minimum atomic E-state index is -3.78. The second kappa shape index (κ2) is 8.68. The Labute approximate surface area is 178 Å². The maximum Gasteiger partial charge on any atom is 0.302 e. The van der Waals surface area contributed by atoms with Crippen molar-refractivity contribution in [3.63, 3.8) is 0 Å². The van der Waals surface area contributed by atoms with Gasteiger partial charge in [-0.3, -0.25) is 9.52 Å². The number of benzene rings is 1. The molecule has 2 rings (SSSR count). The molecule has 1 heterocycles. The second-order valence-corrected chi connectivity index (χ2v) is 9.92. The minimum Gasteiger partial charge on any atom is -0.472 e. The van der Waals surface area contributed by atoms with Crippen molar-refractivity contribution in [2.45, 2.75) is 38.0 Å². The van der Waals surface area contributed by atoms with Crippen LogP contribution in [0.3, 0.4) is 0 Å². The number of nitrogens with zero attached hydrogens (tertiary/aromatic N) is 2. The number of halogens is 1. The van der Waals surface area contributed by atoms with E-state index in [1.807, 2.05) is 34.7 Å². The van der Waals surface area contributed by atoms with Gasteiger partial charge in [0.15, 0.2) is 5.82 Å². The Hall–Kier alpha value is -1.82. The zero-order chi connectivity index (χ0) is 21.1. The van der Waals surface area contributed by atoms with E-state index >= 15 is 0 Å². The summed E-state index contributed by atoms with van der Waals surface area (Å²) in [6.07, 6.45) is 0. The molecular weight excluding hydrogens is 497 g/mol. The lowest BCUT2D eigenvalue weighted by Gasteiger charge is -2.19. The highest BCUT2D eigenvalue weighted by Gasteiger charge is 2.23. The number of aromatic nitrogens is 2. The predicted molar refractivity (Wildman–Crippen MR) is 114 cm³/mol. The fraction of sp³-hybridized carbons (Fsp3) is 0.444. The maximum absolute atomic E-state index is 12.8. The summed E-state index contributed by atoms with van der Waals surface area (Å²) in [5.74, 6) is 0.157. The van der Waals surface area contributed by atoms with E-state index in [-0.39, 0.29) is 29.4 Å². The molecule has 0 amide bonds. The molecule has 0 fully saturated rings. The van der Waals surface area contributed by atoms with Gasteiger partial charge >= 0.3 is 5.97 Å². The van der Waals surface area contributed by atoms with Crippen molar-refractivity contribution in [3.05, 3.63) is 33.4 Å². The summed E-state index contributed by atoms with van der Waals surface area (Å²) in [6, 6.07) is 6.80. The summed E-state index contributed by atoms with van der Waals surface area (Å²) >= 11 is 1.96. The van der Waals surface area contributed by atoms with Crippen LogP contribution < -0.4 is 9.46 Å². The third-order valence-electron chi connectivity index (χ3n) is 3.85. The van der Waals surface area contributed by atoms with Crippen molar-refractivity contribution in [2.75, 3.05) is 17.9 Å². The molecule has 0 spiro atoms. The Kier molecular flexibility index (Phi) is 6.97. The molecule has 10 heteroatoms. The number of aryl methyl sites for hydroxylation is 1. The van der Waals surface area contributed by atoms with Crippen molar-refractivity contribution < 1.29 is 22.7 Å². The van der Waals surface area contributed by atoms with Crippen LogP contribution in [0.1, 0.15) is 33.3 Å². The van der Waals surface area contributed by atoms with Crippen molar-refractivity contribution in [3.8, 4) is 5.88 Å². The van der Waals surface area contributed by atoms with Gasteiger partial charge in [0.2, 0.25) is 5.88 Å². The van der Waals surface area contributed by atoms with Crippen molar-refractivity contribution in [2.24, 2.45) is 7.05 Å². The number of sulfonamides is 1. The van der Waals surface area contributed by atoms with Gasteiger partial charge in [-0.15, -0.1) is 5.10 Å². The van der Waals surface area contributed by atoms with Crippen LogP contribution in [-0.2, 0) is 32.0 Å². The Balaban J connectivity index is 2.16. The third-order valence-corrected chi connectivity index (χ3v) is 6.18. The van der Waals surface area contributed by atoms with Gasteiger partial charge in [0.1, 0.15) is 16.8 Å². The Morgan fingerprint density at radius 1 is 1.21 bits per heavy atom. The molecule has 0 unspecified atom stereocenters. The number of esters is 1. The number of carbonyl (C=O) groups is 1. The highest BCUT2D eigenvalue weighted by atomic mass is 127. The van der Waals surface area contributed by atoms with Gasteiger partial charge in [-0.05, 0) is 45.7 Å². The van der Waals surface area contributed by atoms with Gasteiger partial charge in [-0.1, -0.05) is 32.9 Å². The highest BCUT2D eigenvalue weighted by Crippen LogP contribution is 2.30. The lowest BCUT2D eigenvalue weighted by Crippen LogP contribution is -2.17. The van der Waals surface area contributed by atoms with Gasteiger partial charge in [-0.2, -0.15) is 0 Å². The summed E-state index contributed by atoms with van der Waals surface area (Å²) < 4.78 is 40.2. The van der Waals surface area contributed by atoms with E-state index in [0.29, 0.717) is 9.39 Å². The predicted octanol–water partition coefficient (Wildman–Crippen LogP) is 3.06. The van der Waals surface area contributed by atoms with E-state index in [1.165, 1.54) is 11.6 Å². The molecule has 1 N–H and O–H groups in total. The van der Waals surface area contributed by atoms with E-state index in [2.05, 4.69) is 30.6 Å². The first-order valence-electron chi connectivity index (χ1n) is 8.54. The molecule has 0 radical (unpaired) electrons. The average molecular weight is 521 g/mol. The molecule has 0 aliphatic carbocycles. The second-order valence-electron chi connectivity index (χ2n) is 7.16. The summed E-state index contributed by atoms with van der Waals surface area (Å²) in [5, 5.41) is 4.17. The topological polar surface area (TPSA) is 99.5 Å². The van der Waals surface area contributed by atoms with Crippen LogP contribution in [0.2, 0.25) is 0 Å². The number of hydrogen-bond donors (Lipinski definition) is 1. The quantitative estimate of drug-likeness (QED) is 0.342. The number of rotatable bonds is 7. The first-order chi connectivity index (χ1) is 12.9. The van der Waals surface area contributed by atoms with Gasteiger partial charge in [0, 0.05) is 14.0 Å². The normalized spacial score (nSPS) is 11.9. The Bertz CT molecular complexity index is 947. The number of ether oxygens (including phenoxy) is 2. The third kappa shape index (κ3) is 5.60. The summed E-state index contributed by atoms with van der Waals surface area (Å²) in [7, 11) is -2.17. The molecule has 154 valence electrons. The molecule has 0 saturated carbocycles. The van der Waals surface area contributed by atoms with Gasteiger partial charge in [0.25, 0.3) is 10.0 Å². The Morgan fingerprint density at radius 3 is 2.36 bits per heavy atom. The number of anilines is 1. The first-order valence-corrected chi connectivity index (χ1v) is 11.1. The standard InChI is InChI=1S/C18H24IN3O5S/c1-12(23)26-10-11-27-17-15(19)16(22(5)20-17)21-28(24,25)14-8-6-13(7-9-14)18(2,3)4/h6-9,21H,10-11H2,1-5H3. The van der Waals surface area contributed by atoms with Crippen LogP contribution in [0.4, 0.5) is 5.82 Å². The van der Waals surface area contributed by atoms with Crippen LogP contribution in [-0.4, -0.2) is 37.4 Å². The lowest BCUT2D eigenvalue weighted by molar-refractivity contribution is -0.141. The fourth-order valence-electron chi connectivity index (χ4n) is 2.32. The molecule has 0 saturated heterocycles. The summed E-state index contributed by atoms with van der Waals surface area (Å²) in [4.78, 5) is 10.9. The number of hydrogen-bond acceptors (Lipinski definition) is 6. The molecule has 1 aromatic carbocycles. The van der Waals surface area contributed by atoms with Crippen LogP contribution >= 0.6 is 22.6 Å². The molecule has 28 heavy (non-hydrogen) atoms. The Morgan fingerprint density at radius 2 is 1.82 bits per heavy atom. The van der Waals surface area contributed by atoms with Crippen molar-refractivity contribution in [1.29, 1.82) is 0 Å². The molecule has 2 aromatic rings. The van der Waals surface area contributed by atoms with Gasteiger partial charge in [-0.25, -0.2) is 13.1 Å². The van der Waals surface area contributed by atoms with Crippen LogP contribution in [0, 0.1) is 3.57 Å². The van der Waals surface area contributed by atoms with Crippen LogP contribution in [0.25, 0.3) is 0 Å². The molecule has 8 nitrogen and oxygen atoms in total. The maximum atomic E-state index is 12.8. The summed E-state index contributed by atoms with van der Waals surface area (Å²) in [5.41, 5.74) is 0.982. The van der Waals surface area contributed by atoms with E-state index in [9.17, 15) is 13.2 Å². The monoisotopic (exact) mass is 521 g/mol. The zero-order valence-electron chi connectivity index (χ0n) is 16.4. The van der Waals surface area contributed by atoms with E-state index < -0.39 is 16.0 Å². The van der Waals surface area contributed by atoms with Crippen LogP contribution in [0.15, 0.2) is 29.2 Å². The number of carbonyl (C=O) groups excluding carboxylic acids is 1. The van der Waals surface area contributed by atoms with E-state index in [1.54, 1.807) is 19.2 Å². The zero-order valence-corrected chi connectivity index (χ0v) is 19.4. The minimum absolute atomic E-state index is 0.0640. The molecule has 1 aromatic heterocycles. The van der Waals surface area contributed by atoms with Gasteiger partial charge in [0.05, 0.1) is 4.90 Å². The molecular formula is C18H24IN3O5S. The van der Waals surface area contributed by atoms with Gasteiger partial charge < -0.3 is 9.47 Å². The van der Waals surface area contributed by atoms with E-state index in [0.717, 1.165) is 5.56 Å². The van der Waals surface area contributed by atoms with Crippen molar-refractivity contribution in [1.82, 2.24) is 9.78 Å². The lowest BCUT2D eigenvalue weighted by atomic mass is 9.87. The van der Waals surface area contributed by atoms with Crippen molar-refractivity contribution >= 4 is 44.4 Å². The SMILES string of the molecule is CC(=O)OCCOc1nn(C)c(NS(=O)(=O)c2ccc(C(C)(C)C)cc2)c1I.